The molecule has 0 saturated carbocycles. The smallest absolute Gasteiger partial charge is 0.237 e. The molecule has 2 aliphatic heterocycles. The van der Waals surface area contributed by atoms with E-state index < -0.39 is 0 Å². The Labute approximate surface area is 129 Å². The second-order valence-corrected chi connectivity index (χ2v) is 7.07. The fraction of sp³-hybridized carbons (Fsp3) is 0.562. The Morgan fingerprint density at radius 2 is 2.29 bits per heavy atom. The molecule has 0 radical (unpaired) electrons. The van der Waals surface area contributed by atoms with Crippen molar-refractivity contribution in [3.8, 4) is 0 Å². The molecule has 21 heavy (non-hydrogen) atoms. The maximum Gasteiger partial charge on any atom is 0.237 e. The average molecular weight is 308 g/mol. The van der Waals surface area contributed by atoms with Gasteiger partial charge in [0.2, 0.25) is 5.91 Å². The first-order valence-electron chi connectivity index (χ1n) is 7.61. The van der Waals surface area contributed by atoms with Crippen LogP contribution in [-0.2, 0) is 4.79 Å². The van der Waals surface area contributed by atoms with Crippen LogP contribution < -0.4 is 10.6 Å². The van der Waals surface area contributed by atoms with Crippen molar-refractivity contribution in [3.63, 3.8) is 0 Å². The zero-order valence-corrected chi connectivity index (χ0v) is 13.0. The van der Waals surface area contributed by atoms with Crippen LogP contribution in [0.25, 0.3) is 0 Å². The van der Waals surface area contributed by atoms with E-state index in [1.165, 1.54) is 6.07 Å². The summed E-state index contributed by atoms with van der Waals surface area (Å²) in [6, 6.07) is 4.67. The Hall–Kier alpha value is -1.07. The van der Waals surface area contributed by atoms with Crippen LogP contribution in [0.1, 0.15) is 37.8 Å². The summed E-state index contributed by atoms with van der Waals surface area (Å²) in [5.41, 5.74) is 0.920. The lowest BCUT2D eigenvalue weighted by atomic mass is 9.91. The first-order chi connectivity index (χ1) is 10.1. The van der Waals surface area contributed by atoms with E-state index in [0.717, 1.165) is 42.0 Å². The molecule has 5 heteroatoms. The molecule has 1 aromatic carbocycles. The molecule has 3 rings (SSSR count). The summed E-state index contributed by atoms with van der Waals surface area (Å²) < 4.78 is 13.5. The van der Waals surface area contributed by atoms with E-state index in [1.54, 1.807) is 17.8 Å². The van der Waals surface area contributed by atoms with Crippen molar-refractivity contribution in [2.45, 2.75) is 43.2 Å². The Bertz CT molecular complexity index is 537. The number of hydrogen-bond donors (Lipinski definition) is 2. The van der Waals surface area contributed by atoms with Crippen LogP contribution in [0.3, 0.4) is 0 Å². The van der Waals surface area contributed by atoms with Gasteiger partial charge in [0.05, 0.1) is 12.1 Å². The van der Waals surface area contributed by atoms with Gasteiger partial charge >= 0.3 is 0 Å². The number of piperidine rings is 1. The molecule has 1 aromatic rings. The van der Waals surface area contributed by atoms with Crippen molar-refractivity contribution in [1.82, 2.24) is 10.6 Å². The van der Waals surface area contributed by atoms with Gasteiger partial charge in [-0.05, 0) is 55.5 Å². The summed E-state index contributed by atoms with van der Waals surface area (Å²) in [6.07, 6.45) is 3.06. The summed E-state index contributed by atoms with van der Waals surface area (Å²) in [5.74, 6) is 1.12. The number of halogens is 1. The van der Waals surface area contributed by atoms with E-state index in [0.29, 0.717) is 5.92 Å². The molecule has 0 spiro atoms. The van der Waals surface area contributed by atoms with Crippen molar-refractivity contribution in [2.75, 3.05) is 12.3 Å². The van der Waals surface area contributed by atoms with Gasteiger partial charge in [-0.1, -0.05) is 6.92 Å². The van der Waals surface area contributed by atoms with Crippen molar-refractivity contribution < 1.29 is 9.18 Å². The zero-order valence-electron chi connectivity index (χ0n) is 12.2. The lowest BCUT2D eigenvalue weighted by Gasteiger charge is -2.32. The van der Waals surface area contributed by atoms with Gasteiger partial charge in [-0.15, -0.1) is 11.8 Å². The van der Waals surface area contributed by atoms with Crippen LogP contribution in [0.5, 0.6) is 0 Å². The number of rotatable bonds is 2. The van der Waals surface area contributed by atoms with Crippen molar-refractivity contribution >= 4 is 17.7 Å². The van der Waals surface area contributed by atoms with Crippen molar-refractivity contribution in [3.05, 3.63) is 29.6 Å². The molecular formula is C16H21FN2OS. The minimum atomic E-state index is -0.236. The lowest BCUT2D eigenvalue weighted by molar-refractivity contribution is -0.125. The largest absolute Gasteiger partial charge is 0.348 e. The minimum absolute atomic E-state index is 0.0503. The normalized spacial score (nSPS) is 28.8. The summed E-state index contributed by atoms with van der Waals surface area (Å²) in [6.45, 7) is 3.01. The molecule has 2 heterocycles. The quantitative estimate of drug-likeness (QED) is 0.883. The summed E-state index contributed by atoms with van der Waals surface area (Å²) in [4.78, 5) is 13.6. The molecule has 0 bridgehead atoms. The Balaban J connectivity index is 1.74. The van der Waals surface area contributed by atoms with Crippen LogP contribution in [0.4, 0.5) is 4.39 Å². The highest BCUT2D eigenvalue weighted by molar-refractivity contribution is 7.99. The minimum Gasteiger partial charge on any atom is -0.348 e. The van der Waals surface area contributed by atoms with Crippen LogP contribution in [0.15, 0.2) is 23.1 Å². The number of fused-ring (bicyclic) bond motifs is 1. The molecule has 3 unspecified atom stereocenters. The molecule has 1 fully saturated rings. The Morgan fingerprint density at radius 3 is 3.10 bits per heavy atom. The number of hydrogen-bond acceptors (Lipinski definition) is 3. The maximum atomic E-state index is 13.5. The molecule has 2 aliphatic rings. The number of benzene rings is 1. The van der Waals surface area contributed by atoms with Crippen molar-refractivity contribution in [1.29, 1.82) is 0 Å². The third-order valence-corrected chi connectivity index (χ3v) is 5.50. The van der Waals surface area contributed by atoms with Gasteiger partial charge in [-0.2, -0.15) is 0 Å². The molecule has 0 aromatic heterocycles. The second kappa shape index (κ2) is 6.36. The van der Waals surface area contributed by atoms with E-state index in [-0.39, 0.29) is 23.8 Å². The predicted molar refractivity (Wildman–Crippen MR) is 82.8 cm³/mol. The van der Waals surface area contributed by atoms with Gasteiger partial charge in [-0.25, -0.2) is 4.39 Å². The lowest BCUT2D eigenvalue weighted by Crippen LogP contribution is -2.51. The molecule has 0 aliphatic carbocycles. The van der Waals surface area contributed by atoms with Gasteiger partial charge < -0.3 is 10.6 Å². The SMILES string of the molecule is CC1CCCNC1C(=O)NC1CCSc2ccc(F)cc21. The fourth-order valence-electron chi connectivity index (χ4n) is 3.18. The van der Waals surface area contributed by atoms with Crippen LogP contribution in [0, 0.1) is 11.7 Å². The first-order valence-corrected chi connectivity index (χ1v) is 8.59. The Morgan fingerprint density at radius 1 is 1.43 bits per heavy atom. The summed E-state index contributed by atoms with van der Waals surface area (Å²) >= 11 is 1.73. The monoisotopic (exact) mass is 308 g/mol. The molecule has 3 nitrogen and oxygen atoms in total. The van der Waals surface area contributed by atoms with Gasteiger partial charge in [0.1, 0.15) is 5.82 Å². The highest BCUT2D eigenvalue weighted by Gasteiger charge is 2.30. The molecule has 2 N–H and O–H groups in total. The van der Waals surface area contributed by atoms with Crippen LogP contribution in [-0.4, -0.2) is 24.2 Å². The van der Waals surface area contributed by atoms with E-state index in [9.17, 15) is 9.18 Å². The van der Waals surface area contributed by atoms with E-state index >= 15 is 0 Å². The third kappa shape index (κ3) is 3.24. The van der Waals surface area contributed by atoms with Crippen LogP contribution >= 0.6 is 11.8 Å². The molecular weight excluding hydrogens is 287 g/mol. The maximum absolute atomic E-state index is 13.5. The summed E-state index contributed by atoms with van der Waals surface area (Å²) in [5, 5.41) is 6.42. The molecule has 1 amide bonds. The number of amides is 1. The van der Waals surface area contributed by atoms with Gasteiger partial charge in [-0.3, -0.25) is 4.79 Å². The number of thioether (sulfide) groups is 1. The molecule has 114 valence electrons. The third-order valence-electron chi connectivity index (χ3n) is 4.38. The predicted octanol–water partition coefficient (Wildman–Crippen LogP) is 2.87. The summed E-state index contributed by atoms with van der Waals surface area (Å²) in [7, 11) is 0. The topological polar surface area (TPSA) is 41.1 Å². The van der Waals surface area contributed by atoms with Gasteiger partial charge in [0.15, 0.2) is 0 Å². The van der Waals surface area contributed by atoms with Gasteiger partial charge in [0, 0.05) is 10.6 Å². The van der Waals surface area contributed by atoms with Crippen molar-refractivity contribution in [2.24, 2.45) is 5.92 Å². The standard InChI is InChI=1S/C16H21FN2OS/c1-10-3-2-7-18-15(10)16(20)19-13-6-8-21-14-5-4-11(17)9-12(13)14/h4-5,9-10,13,15,18H,2-3,6-8H2,1H3,(H,19,20). The number of carbonyl (C=O) groups excluding carboxylic acids is 1. The highest BCUT2D eigenvalue weighted by Crippen LogP contribution is 2.36. The number of nitrogens with one attached hydrogen (secondary N) is 2. The Kier molecular flexibility index (Phi) is 4.50. The van der Waals surface area contributed by atoms with E-state index in [4.69, 9.17) is 0 Å². The van der Waals surface area contributed by atoms with Crippen LogP contribution in [0.2, 0.25) is 0 Å². The average Bonchev–Trinajstić information content (AvgIpc) is 2.48. The fourth-order valence-corrected chi connectivity index (χ4v) is 4.28. The van der Waals surface area contributed by atoms with E-state index in [2.05, 4.69) is 17.6 Å². The highest BCUT2D eigenvalue weighted by atomic mass is 32.2. The molecule has 1 saturated heterocycles. The zero-order chi connectivity index (χ0) is 14.8. The molecule has 3 atom stereocenters. The number of carbonyl (C=O) groups is 1. The first kappa shape index (κ1) is 14.9. The van der Waals surface area contributed by atoms with E-state index in [1.807, 2.05) is 6.07 Å². The van der Waals surface area contributed by atoms with Gasteiger partial charge in [0.25, 0.3) is 0 Å². The second-order valence-electron chi connectivity index (χ2n) is 5.93.